The third-order valence-corrected chi connectivity index (χ3v) is 9.02. The van der Waals surface area contributed by atoms with Gasteiger partial charge in [-0.1, -0.05) is 121 Å². The smallest absolute Gasteiger partial charge is 0.136 e. The third-order valence-electron chi connectivity index (χ3n) is 9.02. The van der Waals surface area contributed by atoms with Crippen molar-refractivity contribution in [1.82, 2.24) is 0 Å². The van der Waals surface area contributed by atoms with E-state index in [0.29, 0.717) is 0 Å². The van der Waals surface area contributed by atoms with Crippen molar-refractivity contribution in [2.45, 2.75) is 0 Å². The first-order valence-corrected chi connectivity index (χ1v) is 15.7. The molecule has 0 radical (unpaired) electrons. The summed E-state index contributed by atoms with van der Waals surface area (Å²) >= 11 is 0. The second-order valence-corrected chi connectivity index (χ2v) is 11.8. The first-order chi connectivity index (χ1) is 22.8. The monoisotopic (exact) mass is 587 g/mol. The maximum absolute atomic E-state index is 6.26. The zero-order valence-electron chi connectivity index (χ0n) is 25.1. The second kappa shape index (κ2) is 10.8. The highest BCUT2D eigenvalue weighted by Crippen LogP contribution is 2.41. The van der Waals surface area contributed by atoms with Crippen molar-refractivity contribution in [1.29, 1.82) is 0 Å². The Hall–Kier alpha value is -6.12. The predicted molar refractivity (Wildman–Crippen MR) is 194 cm³/mol. The van der Waals surface area contributed by atoms with Gasteiger partial charge in [0.05, 0.1) is 0 Å². The molecule has 9 aromatic rings. The van der Waals surface area contributed by atoms with E-state index < -0.39 is 0 Å². The number of nitrogens with zero attached hydrogens (tertiary/aromatic N) is 1. The van der Waals surface area contributed by atoms with Gasteiger partial charge in [-0.05, 0) is 98.4 Å². The van der Waals surface area contributed by atoms with Crippen LogP contribution >= 0.6 is 0 Å². The Morgan fingerprint density at radius 3 is 1.85 bits per heavy atom. The van der Waals surface area contributed by atoms with E-state index in [0.717, 1.165) is 39.0 Å². The van der Waals surface area contributed by atoms with Crippen molar-refractivity contribution in [2.75, 3.05) is 4.90 Å². The molecule has 46 heavy (non-hydrogen) atoms. The molecule has 0 spiro atoms. The lowest BCUT2D eigenvalue weighted by atomic mass is 10.00. The zero-order valence-corrected chi connectivity index (χ0v) is 25.1. The van der Waals surface area contributed by atoms with Gasteiger partial charge in [0.15, 0.2) is 0 Å². The largest absolute Gasteiger partial charge is 0.456 e. The SMILES string of the molecule is c1ccc(-c2cccc(N(c3ccc(-c4ccc5ccccc5c4)cc3)c3ccc4ccc5oc6ccccc6c5c4c3)c2)cc1. The van der Waals surface area contributed by atoms with Crippen LogP contribution in [-0.2, 0) is 0 Å². The van der Waals surface area contributed by atoms with Crippen LogP contribution in [0.4, 0.5) is 17.1 Å². The van der Waals surface area contributed by atoms with Gasteiger partial charge in [-0.3, -0.25) is 0 Å². The summed E-state index contributed by atoms with van der Waals surface area (Å²) in [6.07, 6.45) is 0. The fourth-order valence-electron chi connectivity index (χ4n) is 6.74. The number of anilines is 3. The fraction of sp³-hybridized carbons (Fsp3) is 0. The minimum Gasteiger partial charge on any atom is -0.456 e. The average molecular weight is 588 g/mol. The molecule has 1 heterocycles. The molecule has 216 valence electrons. The minimum absolute atomic E-state index is 0.906. The highest BCUT2D eigenvalue weighted by molar-refractivity contribution is 6.19. The van der Waals surface area contributed by atoms with E-state index in [2.05, 4.69) is 169 Å². The van der Waals surface area contributed by atoms with Crippen LogP contribution in [0.5, 0.6) is 0 Å². The summed E-state index contributed by atoms with van der Waals surface area (Å²) in [6, 6.07) is 62.8. The van der Waals surface area contributed by atoms with Crippen LogP contribution in [0, 0.1) is 0 Å². The highest BCUT2D eigenvalue weighted by atomic mass is 16.3. The number of hydrogen-bond acceptors (Lipinski definition) is 2. The van der Waals surface area contributed by atoms with Gasteiger partial charge < -0.3 is 9.32 Å². The summed E-state index contributed by atoms with van der Waals surface area (Å²) in [7, 11) is 0. The first-order valence-electron chi connectivity index (χ1n) is 15.7. The molecule has 0 N–H and O–H groups in total. The van der Waals surface area contributed by atoms with E-state index in [1.807, 2.05) is 12.1 Å². The van der Waals surface area contributed by atoms with Crippen LogP contribution in [0.25, 0.3) is 65.7 Å². The van der Waals surface area contributed by atoms with Crippen LogP contribution in [0.2, 0.25) is 0 Å². The molecule has 0 amide bonds. The molecule has 2 nitrogen and oxygen atoms in total. The van der Waals surface area contributed by atoms with Gasteiger partial charge in [0, 0.05) is 27.8 Å². The third kappa shape index (κ3) is 4.51. The highest BCUT2D eigenvalue weighted by Gasteiger charge is 2.17. The molecule has 0 aliphatic heterocycles. The molecule has 1 aromatic heterocycles. The van der Waals surface area contributed by atoms with Crippen LogP contribution in [0.1, 0.15) is 0 Å². The average Bonchev–Trinajstić information content (AvgIpc) is 3.52. The predicted octanol–water partition coefficient (Wildman–Crippen LogP) is 12.7. The summed E-state index contributed by atoms with van der Waals surface area (Å²) in [4.78, 5) is 2.36. The summed E-state index contributed by atoms with van der Waals surface area (Å²) in [5.74, 6) is 0. The van der Waals surface area contributed by atoms with E-state index in [4.69, 9.17) is 4.42 Å². The van der Waals surface area contributed by atoms with Crippen LogP contribution in [0.15, 0.2) is 180 Å². The summed E-state index contributed by atoms with van der Waals surface area (Å²) in [6.45, 7) is 0. The Morgan fingerprint density at radius 2 is 0.957 bits per heavy atom. The molecule has 0 atom stereocenters. The number of fused-ring (bicyclic) bond motifs is 6. The lowest BCUT2D eigenvalue weighted by molar-refractivity contribution is 0.669. The molecular formula is C44H29NO. The van der Waals surface area contributed by atoms with Crippen molar-refractivity contribution in [3.05, 3.63) is 176 Å². The van der Waals surface area contributed by atoms with Gasteiger partial charge in [0.2, 0.25) is 0 Å². The maximum Gasteiger partial charge on any atom is 0.136 e. The molecule has 2 heteroatoms. The quantitative estimate of drug-likeness (QED) is 0.199. The van der Waals surface area contributed by atoms with E-state index in [9.17, 15) is 0 Å². The minimum atomic E-state index is 0.906. The van der Waals surface area contributed by atoms with E-state index in [1.165, 1.54) is 43.8 Å². The van der Waals surface area contributed by atoms with Gasteiger partial charge >= 0.3 is 0 Å². The van der Waals surface area contributed by atoms with E-state index in [-0.39, 0.29) is 0 Å². The molecule has 0 saturated carbocycles. The molecule has 9 rings (SSSR count). The molecule has 0 fully saturated rings. The Morgan fingerprint density at radius 1 is 0.326 bits per heavy atom. The van der Waals surface area contributed by atoms with Gasteiger partial charge in [-0.25, -0.2) is 0 Å². The number of furan rings is 1. The van der Waals surface area contributed by atoms with Crippen LogP contribution in [0.3, 0.4) is 0 Å². The Bertz CT molecular complexity index is 2530. The normalized spacial score (nSPS) is 11.5. The maximum atomic E-state index is 6.26. The van der Waals surface area contributed by atoms with Crippen molar-refractivity contribution in [3.63, 3.8) is 0 Å². The topological polar surface area (TPSA) is 16.4 Å². The van der Waals surface area contributed by atoms with Crippen molar-refractivity contribution in [2.24, 2.45) is 0 Å². The van der Waals surface area contributed by atoms with Crippen LogP contribution < -0.4 is 4.90 Å². The standard InChI is InChI=1S/C44H29NO/c1-2-9-30(10-3-1)35-13-8-14-38(28-35)45(37-23-19-32(20-24-37)36-18-17-31-11-4-5-12-34(31)27-36)39-25-21-33-22-26-43-44(41(33)29-39)40-15-6-7-16-42(40)46-43/h1-29H. The Balaban J connectivity index is 1.22. The van der Waals surface area contributed by atoms with E-state index in [1.54, 1.807) is 0 Å². The second-order valence-electron chi connectivity index (χ2n) is 11.8. The number of rotatable bonds is 5. The number of para-hydroxylation sites is 1. The first kappa shape index (κ1) is 26.3. The fourth-order valence-corrected chi connectivity index (χ4v) is 6.74. The van der Waals surface area contributed by atoms with Gasteiger partial charge in [0.1, 0.15) is 11.2 Å². The van der Waals surface area contributed by atoms with E-state index >= 15 is 0 Å². The summed E-state index contributed by atoms with van der Waals surface area (Å²) in [5.41, 5.74) is 9.88. The molecule has 0 unspecified atom stereocenters. The zero-order chi connectivity index (χ0) is 30.5. The molecule has 8 aromatic carbocycles. The van der Waals surface area contributed by atoms with Crippen molar-refractivity contribution < 1.29 is 4.42 Å². The van der Waals surface area contributed by atoms with Gasteiger partial charge in [0.25, 0.3) is 0 Å². The Kier molecular flexibility index (Phi) is 6.17. The molecule has 0 saturated heterocycles. The number of hydrogen-bond donors (Lipinski definition) is 0. The number of benzene rings is 8. The van der Waals surface area contributed by atoms with Gasteiger partial charge in [-0.2, -0.15) is 0 Å². The Labute approximate surface area is 267 Å². The molecule has 0 aliphatic carbocycles. The lowest BCUT2D eigenvalue weighted by Gasteiger charge is -2.26. The molecular weight excluding hydrogens is 558 g/mol. The van der Waals surface area contributed by atoms with Crippen molar-refractivity contribution in [3.8, 4) is 22.3 Å². The lowest BCUT2D eigenvalue weighted by Crippen LogP contribution is -2.10. The molecule has 0 aliphatic rings. The van der Waals surface area contributed by atoms with Crippen LogP contribution in [-0.4, -0.2) is 0 Å². The summed E-state index contributed by atoms with van der Waals surface area (Å²) < 4.78 is 6.26. The van der Waals surface area contributed by atoms with Crippen molar-refractivity contribution >= 4 is 60.5 Å². The summed E-state index contributed by atoms with van der Waals surface area (Å²) in [5, 5.41) is 7.16. The molecule has 0 bridgehead atoms. The van der Waals surface area contributed by atoms with Gasteiger partial charge in [-0.15, -0.1) is 0 Å².